The van der Waals surface area contributed by atoms with Gasteiger partial charge in [-0.15, -0.1) is 0 Å². The molecule has 0 bridgehead atoms. The van der Waals surface area contributed by atoms with Gasteiger partial charge in [-0.05, 0) is 33.2 Å². The summed E-state index contributed by atoms with van der Waals surface area (Å²) in [5.74, 6) is -0.765. The highest BCUT2D eigenvalue weighted by molar-refractivity contribution is 7.91. The fraction of sp³-hybridized carbons (Fsp3) is 0.875. The van der Waals surface area contributed by atoms with Crippen LogP contribution >= 0.6 is 0 Å². The summed E-state index contributed by atoms with van der Waals surface area (Å²) in [5.41, 5.74) is 0. The zero-order valence-electron chi connectivity index (χ0n) is 14.5. The molecule has 2 aliphatic rings. The SMILES string of the molecule is CNC(C)CNC(=O)C1CCCCC1C(=O)NC1CCS(=O)(=O)C1. The van der Waals surface area contributed by atoms with Crippen LogP contribution < -0.4 is 16.0 Å². The molecule has 1 aliphatic heterocycles. The van der Waals surface area contributed by atoms with Gasteiger partial charge in [0.05, 0.1) is 11.5 Å². The summed E-state index contributed by atoms with van der Waals surface area (Å²) in [5, 5.41) is 8.83. The molecule has 3 N–H and O–H groups in total. The molecule has 1 heterocycles. The van der Waals surface area contributed by atoms with Crippen molar-refractivity contribution < 1.29 is 18.0 Å². The molecule has 1 aliphatic carbocycles. The van der Waals surface area contributed by atoms with Crippen molar-refractivity contribution in [3.05, 3.63) is 0 Å². The van der Waals surface area contributed by atoms with E-state index in [1.165, 1.54) is 0 Å². The van der Waals surface area contributed by atoms with Crippen LogP contribution in [0.4, 0.5) is 0 Å². The van der Waals surface area contributed by atoms with Crippen LogP contribution in [0.2, 0.25) is 0 Å². The normalized spacial score (nSPS) is 30.5. The summed E-state index contributed by atoms with van der Waals surface area (Å²) in [4.78, 5) is 25.0. The number of likely N-dealkylation sites (N-methyl/N-ethyl adjacent to an activating group) is 1. The Labute approximate surface area is 144 Å². The average molecular weight is 359 g/mol. The number of rotatable bonds is 6. The maximum atomic E-state index is 12.6. The minimum Gasteiger partial charge on any atom is -0.354 e. The highest BCUT2D eigenvalue weighted by atomic mass is 32.2. The van der Waals surface area contributed by atoms with Gasteiger partial charge in [0.1, 0.15) is 0 Å². The van der Waals surface area contributed by atoms with Crippen molar-refractivity contribution in [2.24, 2.45) is 11.8 Å². The van der Waals surface area contributed by atoms with Gasteiger partial charge < -0.3 is 16.0 Å². The molecule has 2 fully saturated rings. The van der Waals surface area contributed by atoms with E-state index in [0.717, 1.165) is 12.8 Å². The number of hydrogen-bond donors (Lipinski definition) is 3. The number of amides is 2. The summed E-state index contributed by atoms with van der Waals surface area (Å²) in [7, 11) is -1.19. The number of sulfone groups is 1. The van der Waals surface area contributed by atoms with Gasteiger partial charge in [0.15, 0.2) is 9.84 Å². The Balaban J connectivity index is 1.93. The third-order valence-electron chi connectivity index (χ3n) is 5.09. The molecule has 7 nitrogen and oxygen atoms in total. The zero-order chi connectivity index (χ0) is 17.7. The quantitative estimate of drug-likeness (QED) is 0.610. The Bertz CT molecular complexity index is 564. The minimum atomic E-state index is -3.02. The van der Waals surface area contributed by atoms with Gasteiger partial charge >= 0.3 is 0 Å². The molecule has 1 saturated carbocycles. The molecule has 0 spiro atoms. The Morgan fingerprint density at radius 2 is 1.71 bits per heavy atom. The lowest BCUT2D eigenvalue weighted by Crippen LogP contribution is -2.48. The smallest absolute Gasteiger partial charge is 0.224 e. The highest BCUT2D eigenvalue weighted by Crippen LogP contribution is 2.31. The van der Waals surface area contributed by atoms with Crippen LogP contribution in [0, 0.1) is 11.8 Å². The molecule has 0 aromatic rings. The first-order valence-corrected chi connectivity index (χ1v) is 10.6. The van der Waals surface area contributed by atoms with Crippen LogP contribution in [0.5, 0.6) is 0 Å². The summed E-state index contributed by atoms with van der Waals surface area (Å²) >= 11 is 0. The van der Waals surface area contributed by atoms with Gasteiger partial charge in [0, 0.05) is 30.5 Å². The molecule has 1 saturated heterocycles. The van der Waals surface area contributed by atoms with E-state index in [0.29, 0.717) is 25.8 Å². The number of hydrogen-bond acceptors (Lipinski definition) is 5. The molecule has 2 rings (SSSR count). The maximum Gasteiger partial charge on any atom is 0.224 e. The van der Waals surface area contributed by atoms with Crippen molar-refractivity contribution in [1.29, 1.82) is 0 Å². The van der Waals surface area contributed by atoms with Crippen LogP contribution in [-0.4, -0.2) is 57.4 Å². The van der Waals surface area contributed by atoms with Crippen molar-refractivity contribution in [3.63, 3.8) is 0 Å². The first-order valence-electron chi connectivity index (χ1n) is 8.78. The molecule has 0 aromatic heterocycles. The molecule has 8 heteroatoms. The Hall–Kier alpha value is -1.15. The summed E-state index contributed by atoms with van der Waals surface area (Å²) in [6.45, 7) is 2.51. The lowest BCUT2D eigenvalue weighted by molar-refractivity contribution is -0.137. The number of carbonyl (C=O) groups is 2. The number of carbonyl (C=O) groups excluding carboxylic acids is 2. The Morgan fingerprint density at radius 1 is 1.08 bits per heavy atom. The standard InChI is InChI=1S/C16H29N3O4S/c1-11(17-2)9-18-15(20)13-5-3-4-6-14(13)16(21)19-12-7-8-24(22,23)10-12/h11-14,17H,3-10H2,1-2H3,(H,18,20)(H,19,21). The van der Waals surface area contributed by atoms with Gasteiger partial charge in [-0.1, -0.05) is 12.8 Å². The second-order valence-electron chi connectivity index (χ2n) is 7.04. The molecule has 2 amide bonds. The molecule has 4 unspecified atom stereocenters. The number of nitrogens with one attached hydrogen (secondary N) is 3. The molecular formula is C16H29N3O4S. The first kappa shape index (κ1) is 19.2. The molecule has 4 atom stereocenters. The van der Waals surface area contributed by atoms with E-state index in [1.54, 1.807) is 0 Å². The molecule has 0 radical (unpaired) electrons. The van der Waals surface area contributed by atoms with E-state index in [2.05, 4.69) is 16.0 Å². The second kappa shape index (κ2) is 8.29. The molecule has 0 aromatic carbocycles. The fourth-order valence-corrected chi connectivity index (χ4v) is 5.14. The second-order valence-corrected chi connectivity index (χ2v) is 9.27. The van der Waals surface area contributed by atoms with Crippen LogP contribution in [0.15, 0.2) is 0 Å². The van der Waals surface area contributed by atoms with Crippen molar-refractivity contribution in [2.75, 3.05) is 25.1 Å². The predicted molar refractivity (Wildman–Crippen MR) is 92.2 cm³/mol. The third-order valence-corrected chi connectivity index (χ3v) is 6.86. The Morgan fingerprint density at radius 3 is 2.25 bits per heavy atom. The van der Waals surface area contributed by atoms with Crippen LogP contribution in [-0.2, 0) is 19.4 Å². The fourth-order valence-electron chi connectivity index (χ4n) is 3.46. The van der Waals surface area contributed by atoms with Crippen molar-refractivity contribution in [2.45, 2.75) is 51.1 Å². The predicted octanol–water partition coefficient (Wildman–Crippen LogP) is -0.180. The average Bonchev–Trinajstić information content (AvgIpc) is 2.90. The van der Waals surface area contributed by atoms with E-state index < -0.39 is 9.84 Å². The lowest BCUT2D eigenvalue weighted by Gasteiger charge is -2.30. The zero-order valence-corrected chi connectivity index (χ0v) is 15.3. The van der Waals surface area contributed by atoms with Crippen LogP contribution in [0.1, 0.15) is 39.0 Å². The van der Waals surface area contributed by atoms with Crippen molar-refractivity contribution >= 4 is 21.7 Å². The maximum absolute atomic E-state index is 12.6. The summed E-state index contributed by atoms with van der Waals surface area (Å²) in [6.07, 6.45) is 3.74. The van der Waals surface area contributed by atoms with Crippen LogP contribution in [0.25, 0.3) is 0 Å². The van der Waals surface area contributed by atoms with E-state index >= 15 is 0 Å². The molecular weight excluding hydrogens is 330 g/mol. The monoisotopic (exact) mass is 359 g/mol. The summed E-state index contributed by atoms with van der Waals surface area (Å²) < 4.78 is 23.1. The van der Waals surface area contributed by atoms with Gasteiger partial charge in [-0.2, -0.15) is 0 Å². The van der Waals surface area contributed by atoms with Gasteiger partial charge in [0.25, 0.3) is 0 Å². The largest absolute Gasteiger partial charge is 0.354 e. The van der Waals surface area contributed by atoms with Crippen molar-refractivity contribution in [3.8, 4) is 0 Å². The van der Waals surface area contributed by atoms with Crippen molar-refractivity contribution in [1.82, 2.24) is 16.0 Å². The van der Waals surface area contributed by atoms with Gasteiger partial charge in [0.2, 0.25) is 11.8 Å². The van der Waals surface area contributed by atoms with E-state index in [4.69, 9.17) is 0 Å². The van der Waals surface area contributed by atoms with Gasteiger partial charge in [-0.3, -0.25) is 9.59 Å². The van der Waals surface area contributed by atoms with Crippen LogP contribution in [0.3, 0.4) is 0 Å². The minimum absolute atomic E-state index is 0.0159. The molecule has 138 valence electrons. The first-order chi connectivity index (χ1) is 11.3. The van der Waals surface area contributed by atoms with E-state index in [1.807, 2.05) is 14.0 Å². The topological polar surface area (TPSA) is 104 Å². The van der Waals surface area contributed by atoms with E-state index in [-0.39, 0.29) is 47.2 Å². The molecule has 24 heavy (non-hydrogen) atoms. The lowest BCUT2D eigenvalue weighted by atomic mass is 9.78. The highest BCUT2D eigenvalue weighted by Gasteiger charge is 2.38. The Kier molecular flexibility index (Phi) is 6.62. The third kappa shape index (κ3) is 5.17. The van der Waals surface area contributed by atoms with E-state index in [9.17, 15) is 18.0 Å². The van der Waals surface area contributed by atoms with Gasteiger partial charge in [-0.25, -0.2) is 8.42 Å². The summed E-state index contributed by atoms with van der Waals surface area (Å²) in [6, 6.07) is -0.133.